The van der Waals surface area contributed by atoms with Gasteiger partial charge < -0.3 is 9.80 Å². The summed E-state index contributed by atoms with van der Waals surface area (Å²) < 4.78 is 0. The number of halogens is 1. The molecule has 0 atom stereocenters. The Kier molecular flexibility index (Phi) is 3.68. The predicted molar refractivity (Wildman–Crippen MR) is 91.0 cm³/mol. The van der Waals surface area contributed by atoms with E-state index in [9.17, 15) is 4.79 Å². The Hall–Kier alpha value is -1.55. The lowest BCUT2D eigenvalue weighted by Gasteiger charge is -2.48. The van der Waals surface area contributed by atoms with Crippen LogP contribution in [-0.2, 0) is 11.3 Å². The normalized spacial score (nSPS) is 20.0. The van der Waals surface area contributed by atoms with Gasteiger partial charge in [-0.05, 0) is 32.9 Å². The molecule has 0 saturated carbocycles. The monoisotopic (exact) mass is 319 g/mol. The molecule has 4 nitrogen and oxygen atoms in total. The first-order chi connectivity index (χ1) is 10.3. The number of rotatable bonds is 1. The van der Waals surface area contributed by atoms with E-state index in [0.29, 0.717) is 0 Å². The molecule has 2 aliphatic heterocycles. The van der Waals surface area contributed by atoms with Crippen molar-refractivity contribution in [1.82, 2.24) is 4.90 Å². The molecule has 3 rings (SSSR count). The van der Waals surface area contributed by atoms with Crippen LogP contribution in [0.25, 0.3) is 0 Å². The summed E-state index contributed by atoms with van der Waals surface area (Å²) in [5.41, 5.74) is 4.45. The van der Waals surface area contributed by atoms with Gasteiger partial charge in [0.15, 0.2) is 0 Å². The van der Waals surface area contributed by atoms with Crippen molar-refractivity contribution in [1.29, 1.82) is 0 Å². The van der Waals surface area contributed by atoms with E-state index in [0.717, 1.165) is 42.5 Å². The summed E-state index contributed by atoms with van der Waals surface area (Å²) >= 11 is 6.32. The highest BCUT2D eigenvalue weighted by Crippen LogP contribution is 2.35. The van der Waals surface area contributed by atoms with Gasteiger partial charge in [0.05, 0.1) is 12.1 Å². The number of hydrogen-bond acceptors (Lipinski definition) is 3. The topological polar surface area (TPSA) is 35.9 Å². The second-order valence-electron chi connectivity index (χ2n) is 6.76. The van der Waals surface area contributed by atoms with Crippen molar-refractivity contribution in [3.63, 3.8) is 0 Å². The third kappa shape index (κ3) is 2.50. The van der Waals surface area contributed by atoms with Gasteiger partial charge in [0.25, 0.3) is 0 Å². The molecule has 0 unspecified atom stereocenters. The van der Waals surface area contributed by atoms with Gasteiger partial charge >= 0.3 is 0 Å². The summed E-state index contributed by atoms with van der Waals surface area (Å²) in [7, 11) is 0. The zero-order valence-electron chi connectivity index (χ0n) is 13.6. The summed E-state index contributed by atoms with van der Waals surface area (Å²) in [5, 5.41) is 0.747. The Labute approximate surface area is 136 Å². The Morgan fingerprint density at radius 3 is 2.68 bits per heavy atom. The molecular weight excluding hydrogens is 298 g/mol. The molecule has 1 aromatic rings. The second kappa shape index (κ2) is 5.27. The summed E-state index contributed by atoms with van der Waals surface area (Å²) in [6.07, 6.45) is 0. The summed E-state index contributed by atoms with van der Waals surface area (Å²) in [6, 6.07) is 4.04. The van der Waals surface area contributed by atoms with Crippen LogP contribution < -0.4 is 4.90 Å². The average molecular weight is 320 g/mol. The smallest absolute Gasteiger partial charge is 0.220 e. The Balaban J connectivity index is 1.94. The zero-order chi connectivity index (χ0) is 16.1. The summed E-state index contributed by atoms with van der Waals surface area (Å²) in [6.45, 7) is 11.0. The number of amides is 1. The molecule has 1 saturated heterocycles. The highest BCUT2D eigenvalue weighted by atomic mass is 35.5. The Bertz CT molecular complexity index is 666. The SMILES string of the molecule is CC(=O)N1CCN(c2cc(Cl)cc3c2CN=C3C)CC1(C)C. The lowest BCUT2D eigenvalue weighted by Crippen LogP contribution is -2.60. The molecule has 1 aromatic carbocycles. The maximum Gasteiger partial charge on any atom is 0.220 e. The van der Waals surface area contributed by atoms with Crippen molar-refractivity contribution in [2.45, 2.75) is 39.8 Å². The van der Waals surface area contributed by atoms with Crippen LogP contribution in [0.3, 0.4) is 0 Å². The average Bonchev–Trinajstić information content (AvgIpc) is 2.78. The number of carbonyl (C=O) groups excluding carboxylic acids is 1. The Morgan fingerprint density at radius 2 is 2.05 bits per heavy atom. The highest BCUT2D eigenvalue weighted by Gasteiger charge is 2.36. The molecule has 2 heterocycles. The van der Waals surface area contributed by atoms with Crippen molar-refractivity contribution >= 4 is 28.9 Å². The van der Waals surface area contributed by atoms with E-state index in [4.69, 9.17) is 11.6 Å². The van der Waals surface area contributed by atoms with E-state index >= 15 is 0 Å². The standard InChI is InChI=1S/C17H22ClN3O/c1-11-14-7-13(18)8-16(15(14)9-19-11)20-5-6-21(12(2)22)17(3,4)10-20/h7-8H,5-6,9-10H2,1-4H3. The zero-order valence-corrected chi connectivity index (χ0v) is 14.4. The van der Waals surface area contributed by atoms with Gasteiger partial charge in [-0.1, -0.05) is 11.6 Å². The van der Waals surface area contributed by atoms with Gasteiger partial charge in [0.1, 0.15) is 0 Å². The van der Waals surface area contributed by atoms with Gasteiger partial charge in [-0.15, -0.1) is 0 Å². The fourth-order valence-electron chi connectivity index (χ4n) is 3.62. The largest absolute Gasteiger partial charge is 0.367 e. The van der Waals surface area contributed by atoms with Crippen LogP contribution in [-0.4, -0.2) is 41.7 Å². The van der Waals surface area contributed by atoms with E-state index in [1.165, 1.54) is 11.3 Å². The highest BCUT2D eigenvalue weighted by molar-refractivity contribution is 6.31. The molecule has 0 radical (unpaired) electrons. The number of hydrogen-bond donors (Lipinski definition) is 0. The van der Waals surface area contributed by atoms with E-state index in [2.05, 4.69) is 23.7 Å². The lowest BCUT2D eigenvalue weighted by molar-refractivity contribution is -0.134. The van der Waals surface area contributed by atoms with Crippen molar-refractivity contribution in [3.05, 3.63) is 28.3 Å². The minimum atomic E-state index is -0.187. The van der Waals surface area contributed by atoms with Crippen LogP contribution >= 0.6 is 11.6 Å². The maximum atomic E-state index is 11.8. The molecule has 0 aromatic heterocycles. The molecule has 0 N–H and O–H groups in total. The third-order valence-corrected chi connectivity index (χ3v) is 4.90. The number of nitrogens with zero attached hydrogens (tertiary/aromatic N) is 3. The first kappa shape index (κ1) is 15.3. The second-order valence-corrected chi connectivity index (χ2v) is 7.19. The number of fused-ring (bicyclic) bond motifs is 1. The molecular formula is C17H22ClN3O. The van der Waals surface area contributed by atoms with E-state index in [1.807, 2.05) is 24.0 Å². The van der Waals surface area contributed by atoms with Gasteiger partial charge in [0.2, 0.25) is 5.91 Å². The fourth-order valence-corrected chi connectivity index (χ4v) is 3.83. The van der Waals surface area contributed by atoms with Crippen LogP contribution in [0, 0.1) is 0 Å². The van der Waals surface area contributed by atoms with E-state index in [-0.39, 0.29) is 11.4 Å². The van der Waals surface area contributed by atoms with Gasteiger partial charge in [0, 0.05) is 54.1 Å². The van der Waals surface area contributed by atoms with Crippen LogP contribution in [0.2, 0.25) is 5.02 Å². The molecule has 0 spiro atoms. The first-order valence-corrected chi connectivity index (χ1v) is 8.04. The quantitative estimate of drug-likeness (QED) is 0.797. The summed E-state index contributed by atoms with van der Waals surface area (Å²) in [4.78, 5) is 20.7. The lowest BCUT2D eigenvalue weighted by atomic mass is 9.96. The minimum absolute atomic E-state index is 0.139. The molecule has 2 aliphatic rings. The molecule has 1 fully saturated rings. The predicted octanol–water partition coefficient (Wildman–Crippen LogP) is 3.11. The van der Waals surface area contributed by atoms with Crippen molar-refractivity contribution in [2.24, 2.45) is 4.99 Å². The van der Waals surface area contributed by atoms with E-state index in [1.54, 1.807) is 6.92 Å². The number of piperazine rings is 1. The molecule has 0 aliphatic carbocycles. The number of benzene rings is 1. The van der Waals surface area contributed by atoms with E-state index < -0.39 is 0 Å². The minimum Gasteiger partial charge on any atom is -0.367 e. The van der Waals surface area contributed by atoms with Crippen LogP contribution in [0.5, 0.6) is 0 Å². The van der Waals surface area contributed by atoms with Gasteiger partial charge in [-0.25, -0.2) is 0 Å². The first-order valence-electron chi connectivity index (χ1n) is 7.66. The number of carbonyl (C=O) groups is 1. The molecule has 5 heteroatoms. The van der Waals surface area contributed by atoms with Crippen molar-refractivity contribution in [3.8, 4) is 0 Å². The van der Waals surface area contributed by atoms with Crippen molar-refractivity contribution < 1.29 is 4.79 Å². The third-order valence-electron chi connectivity index (χ3n) is 4.68. The fraction of sp³-hybridized carbons (Fsp3) is 0.529. The van der Waals surface area contributed by atoms with Gasteiger partial charge in [-0.2, -0.15) is 0 Å². The van der Waals surface area contributed by atoms with Crippen LogP contribution in [0.15, 0.2) is 17.1 Å². The molecule has 0 bridgehead atoms. The van der Waals surface area contributed by atoms with Crippen molar-refractivity contribution in [2.75, 3.05) is 24.5 Å². The van der Waals surface area contributed by atoms with Crippen LogP contribution in [0.1, 0.15) is 38.8 Å². The number of anilines is 1. The molecule has 118 valence electrons. The molecule has 22 heavy (non-hydrogen) atoms. The maximum absolute atomic E-state index is 11.8. The van der Waals surface area contributed by atoms with Crippen LogP contribution in [0.4, 0.5) is 5.69 Å². The summed E-state index contributed by atoms with van der Waals surface area (Å²) in [5.74, 6) is 0.139. The Morgan fingerprint density at radius 1 is 1.32 bits per heavy atom. The van der Waals surface area contributed by atoms with Gasteiger partial charge in [-0.3, -0.25) is 9.79 Å². The molecule has 1 amide bonds. The number of aliphatic imine (C=N–C) groups is 1.